The number of hydrogen-bond acceptors (Lipinski definition) is 3. The van der Waals surface area contributed by atoms with E-state index in [-0.39, 0.29) is 61.8 Å². The van der Waals surface area contributed by atoms with Gasteiger partial charge in [-0.2, -0.15) is 18.2 Å². The Morgan fingerprint density at radius 3 is 2.02 bits per heavy atom. The molecule has 0 aliphatic carbocycles. The first-order valence-corrected chi connectivity index (χ1v) is 19.5. The summed E-state index contributed by atoms with van der Waals surface area (Å²) in [6, 6.07) is 36.6. The number of benzene rings is 4. The van der Waals surface area contributed by atoms with E-state index in [1.807, 2.05) is 61.7 Å². The fraction of sp³-hybridized carbons (Fsp3) is 0.288. The molecule has 4 heterocycles. The molecular formula is C52H53N5OPt-2. The van der Waals surface area contributed by atoms with Crippen LogP contribution in [0.5, 0.6) is 11.5 Å². The van der Waals surface area contributed by atoms with E-state index in [0.29, 0.717) is 22.6 Å². The van der Waals surface area contributed by atoms with Crippen molar-refractivity contribution < 1.29 is 41.3 Å². The first-order chi connectivity index (χ1) is 30.7. The van der Waals surface area contributed by atoms with Gasteiger partial charge in [0, 0.05) is 59.1 Å². The van der Waals surface area contributed by atoms with E-state index in [0.717, 1.165) is 27.4 Å². The second-order valence-electron chi connectivity index (χ2n) is 17.7. The van der Waals surface area contributed by atoms with Gasteiger partial charge >= 0.3 is 0 Å². The van der Waals surface area contributed by atoms with E-state index < -0.39 is 35.4 Å². The van der Waals surface area contributed by atoms with Crippen LogP contribution in [0.2, 0.25) is 0 Å². The molecule has 8 rings (SSSR count). The van der Waals surface area contributed by atoms with Crippen molar-refractivity contribution in [2.45, 2.75) is 81.4 Å². The van der Waals surface area contributed by atoms with Gasteiger partial charge in [-0.15, -0.1) is 17.5 Å². The Hall–Kier alpha value is -5.32. The molecule has 0 radical (unpaired) electrons. The Morgan fingerprint density at radius 2 is 1.32 bits per heavy atom. The van der Waals surface area contributed by atoms with Crippen molar-refractivity contribution >= 4 is 21.8 Å². The van der Waals surface area contributed by atoms with Crippen molar-refractivity contribution in [1.29, 1.82) is 0 Å². The standard InChI is InChI=1S/C52H53N5O.Pt/c1-50(2,3)32-36-19-21-54-49(28-36)57-46-18-15-40(39-13-11-10-12-14-39)29-45(46)44-17-16-42(30-47(44)57)58-43-20-22-53-48(31-43)56-24-23-55(35-56)41-26-37(33-51(4,5)6)25-38(27-41)34-52(7,8)9;/h10-29H,32-34H2,1-9H3;/q-2;/i23D,24D,32D2,33D2,34D2;. The molecule has 0 bridgehead atoms. The molecule has 0 aliphatic rings. The SMILES string of the molecule is [2H]c1c([2H])[n+](-c2cc(C([2H])([2H])C(C)(C)C)cc(C([2H])([2H])C(C)(C)C)c2)[c-]n1-c1[c-]c(Oc2[c-]c3c(cc2)c2cc(-c4ccccc4)ccc2n3-c2cc(C([2H])([2H])C(C)(C)C)ccn2)ccn1.[Pt]. The molecule has 0 fully saturated rings. The number of aromatic nitrogens is 5. The van der Waals surface area contributed by atoms with Crippen LogP contribution in [-0.4, -0.2) is 19.1 Å². The fourth-order valence-electron chi connectivity index (χ4n) is 6.96. The first-order valence-electron chi connectivity index (χ1n) is 23.5. The van der Waals surface area contributed by atoms with Crippen LogP contribution < -0.4 is 9.30 Å². The maximum Gasteiger partial charge on any atom is 0.268 e. The van der Waals surface area contributed by atoms with Gasteiger partial charge in [-0.1, -0.05) is 134 Å². The minimum absolute atomic E-state index is 0. The van der Waals surface area contributed by atoms with E-state index in [4.69, 9.17) is 20.7 Å². The van der Waals surface area contributed by atoms with Crippen LogP contribution >= 0.6 is 0 Å². The quantitative estimate of drug-likeness (QED) is 0.107. The van der Waals surface area contributed by atoms with Crippen LogP contribution in [0.1, 0.15) is 90.0 Å². The third-order valence-electron chi connectivity index (χ3n) is 9.03. The Kier molecular flexibility index (Phi) is 9.03. The molecule has 0 N–H and O–H groups in total. The number of pyridine rings is 2. The van der Waals surface area contributed by atoms with Gasteiger partial charge in [-0.3, -0.25) is 14.1 Å². The van der Waals surface area contributed by atoms with Gasteiger partial charge in [-0.25, -0.2) is 4.98 Å². The van der Waals surface area contributed by atoms with Crippen molar-refractivity contribution in [3.63, 3.8) is 0 Å². The maximum absolute atomic E-state index is 9.09. The summed E-state index contributed by atoms with van der Waals surface area (Å²) in [4.78, 5) is 9.21. The molecule has 6 nitrogen and oxygen atoms in total. The number of imidazole rings is 1. The van der Waals surface area contributed by atoms with Gasteiger partial charge in [0.15, 0.2) is 0 Å². The molecule has 0 saturated heterocycles. The minimum atomic E-state index is -1.88. The summed E-state index contributed by atoms with van der Waals surface area (Å²) < 4.78 is 83.4. The van der Waals surface area contributed by atoms with Crippen molar-refractivity contribution in [3.05, 3.63) is 157 Å². The molecule has 59 heavy (non-hydrogen) atoms. The summed E-state index contributed by atoms with van der Waals surface area (Å²) in [6.07, 6.45) is 0.173. The Labute approximate surface area is 375 Å². The van der Waals surface area contributed by atoms with Crippen molar-refractivity contribution in [1.82, 2.24) is 19.1 Å². The van der Waals surface area contributed by atoms with Crippen LogP contribution in [-0.2, 0) is 40.2 Å². The van der Waals surface area contributed by atoms with Crippen molar-refractivity contribution in [2.24, 2.45) is 16.2 Å². The summed E-state index contributed by atoms with van der Waals surface area (Å²) in [5, 5.41) is 1.83. The number of nitrogens with zero attached hydrogens (tertiary/aromatic N) is 5. The minimum Gasteiger partial charge on any atom is -0.522 e. The monoisotopic (exact) mass is 966 g/mol. The van der Waals surface area contributed by atoms with Gasteiger partial charge in [-0.05, 0) is 93.5 Å². The van der Waals surface area contributed by atoms with Crippen LogP contribution in [0.4, 0.5) is 0 Å². The van der Waals surface area contributed by atoms with E-state index in [9.17, 15) is 0 Å². The number of hydrogen-bond donors (Lipinski definition) is 0. The number of fused-ring (bicyclic) bond motifs is 3. The molecule has 4 aromatic carbocycles. The van der Waals surface area contributed by atoms with E-state index in [2.05, 4.69) is 47.7 Å². The van der Waals surface area contributed by atoms with Crippen LogP contribution in [0.25, 0.3) is 50.3 Å². The van der Waals surface area contributed by atoms with Gasteiger partial charge in [0.25, 0.3) is 6.33 Å². The molecule has 0 unspecified atom stereocenters. The summed E-state index contributed by atoms with van der Waals surface area (Å²) in [6.45, 7) is 16.3. The molecule has 8 aromatic rings. The molecular weight excluding hydrogens is 906 g/mol. The Balaban J connectivity index is 0.00000666. The summed E-state index contributed by atoms with van der Waals surface area (Å²) >= 11 is 0. The topological polar surface area (TPSA) is 48.8 Å². The zero-order valence-electron chi connectivity index (χ0n) is 42.9. The Morgan fingerprint density at radius 1 is 0.661 bits per heavy atom. The second kappa shape index (κ2) is 16.4. The average molecular weight is 967 g/mol. The zero-order chi connectivity index (χ0) is 47.9. The molecule has 0 spiro atoms. The zero-order valence-corrected chi connectivity index (χ0v) is 37.1. The van der Waals surface area contributed by atoms with Crippen molar-refractivity contribution in [3.8, 4) is 39.9 Å². The van der Waals surface area contributed by atoms with Gasteiger partial charge < -0.3 is 9.30 Å². The largest absolute Gasteiger partial charge is 0.522 e. The molecule has 0 atom stereocenters. The number of rotatable bonds is 9. The first kappa shape index (κ1) is 32.5. The third kappa shape index (κ3) is 9.94. The van der Waals surface area contributed by atoms with E-state index in [1.165, 1.54) is 15.3 Å². The summed E-state index contributed by atoms with van der Waals surface area (Å²) in [5.74, 6) is 1.21. The predicted octanol–water partition coefficient (Wildman–Crippen LogP) is 12.3. The molecule has 0 aliphatic heterocycles. The van der Waals surface area contributed by atoms with Crippen LogP contribution in [0.3, 0.4) is 0 Å². The fourth-order valence-corrected chi connectivity index (χ4v) is 6.96. The average Bonchev–Trinajstić information content (AvgIpc) is 3.74. The van der Waals surface area contributed by atoms with Gasteiger partial charge in [0.2, 0.25) is 0 Å². The molecule has 0 saturated carbocycles. The third-order valence-corrected chi connectivity index (χ3v) is 9.03. The Bertz CT molecular complexity index is 3100. The van der Waals surface area contributed by atoms with E-state index in [1.54, 1.807) is 84.1 Å². The number of ether oxygens (including phenoxy) is 1. The predicted molar refractivity (Wildman–Crippen MR) is 235 cm³/mol. The smallest absolute Gasteiger partial charge is 0.268 e. The summed E-state index contributed by atoms with van der Waals surface area (Å²) in [7, 11) is 0. The summed E-state index contributed by atoms with van der Waals surface area (Å²) in [5.41, 5.74) is 2.48. The van der Waals surface area contributed by atoms with Crippen molar-refractivity contribution in [2.75, 3.05) is 0 Å². The maximum atomic E-state index is 9.09. The molecule has 7 heteroatoms. The molecule has 0 amide bonds. The normalized spacial score (nSPS) is 14.9. The molecule has 304 valence electrons. The molecule has 4 aromatic heterocycles. The van der Waals surface area contributed by atoms with E-state index >= 15 is 0 Å². The van der Waals surface area contributed by atoms with Gasteiger partial charge in [0.05, 0.1) is 14.2 Å². The van der Waals surface area contributed by atoms with Crippen LogP contribution in [0, 0.1) is 34.7 Å². The second-order valence-corrected chi connectivity index (χ2v) is 17.7. The van der Waals surface area contributed by atoms with Crippen LogP contribution in [0.15, 0.2) is 122 Å². The van der Waals surface area contributed by atoms with Gasteiger partial charge in [0.1, 0.15) is 5.82 Å².